The maximum absolute atomic E-state index is 12.5. The van der Waals surface area contributed by atoms with Crippen LogP contribution < -0.4 is 20.1 Å². The monoisotopic (exact) mass is 419 g/mol. The molecule has 0 spiro atoms. The van der Waals surface area contributed by atoms with Crippen LogP contribution in [0.1, 0.15) is 18.1 Å². The standard InChI is InChI=1S/C20H25N3O5S/c1-13-5-7-16(10-19(13)29(25,26)23(3)4)22-14(2)20(24)21-11-15-6-8-17-18(9-15)28-12-27-17/h5-10,14,22H,11-12H2,1-4H3,(H,21,24). The van der Waals surface area contributed by atoms with Crippen LogP contribution in [-0.2, 0) is 21.4 Å². The van der Waals surface area contributed by atoms with Crippen molar-refractivity contribution >= 4 is 21.6 Å². The lowest BCUT2D eigenvalue weighted by molar-refractivity contribution is -0.121. The third kappa shape index (κ3) is 4.63. The maximum atomic E-state index is 12.5. The molecular formula is C20H25N3O5S. The fourth-order valence-corrected chi connectivity index (χ4v) is 4.02. The topological polar surface area (TPSA) is 97.0 Å². The summed E-state index contributed by atoms with van der Waals surface area (Å²) >= 11 is 0. The Bertz CT molecular complexity index is 1020. The van der Waals surface area contributed by atoms with Crippen molar-refractivity contribution in [1.82, 2.24) is 9.62 Å². The largest absolute Gasteiger partial charge is 0.454 e. The molecule has 156 valence electrons. The summed E-state index contributed by atoms with van der Waals surface area (Å²) in [6.07, 6.45) is 0. The number of nitrogens with one attached hydrogen (secondary N) is 2. The fourth-order valence-electron chi connectivity index (χ4n) is 2.87. The van der Waals surface area contributed by atoms with Gasteiger partial charge in [0.2, 0.25) is 22.7 Å². The van der Waals surface area contributed by atoms with E-state index in [4.69, 9.17) is 9.47 Å². The van der Waals surface area contributed by atoms with Gasteiger partial charge in [0.1, 0.15) is 6.04 Å². The summed E-state index contributed by atoms with van der Waals surface area (Å²) in [6.45, 7) is 4.00. The van der Waals surface area contributed by atoms with Gasteiger partial charge >= 0.3 is 0 Å². The summed E-state index contributed by atoms with van der Waals surface area (Å²) in [5.41, 5.74) is 2.09. The number of rotatable bonds is 7. The van der Waals surface area contributed by atoms with Gasteiger partial charge in [0.25, 0.3) is 0 Å². The average Bonchev–Trinajstić information content (AvgIpc) is 3.15. The summed E-state index contributed by atoms with van der Waals surface area (Å²) < 4.78 is 36.7. The summed E-state index contributed by atoms with van der Waals surface area (Å²) in [7, 11) is -0.592. The first-order valence-corrected chi connectivity index (χ1v) is 10.6. The number of benzene rings is 2. The zero-order chi connectivity index (χ0) is 21.2. The Morgan fingerprint density at radius 1 is 1.14 bits per heavy atom. The normalized spacial score (nSPS) is 14.0. The van der Waals surface area contributed by atoms with Crippen molar-refractivity contribution in [3.05, 3.63) is 47.5 Å². The predicted octanol–water partition coefficient (Wildman–Crippen LogP) is 2.09. The highest BCUT2D eigenvalue weighted by molar-refractivity contribution is 7.89. The van der Waals surface area contributed by atoms with Gasteiger partial charge in [-0.3, -0.25) is 4.79 Å². The number of hydrogen-bond acceptors (Lipinski definition) is 6. The van der Waals surface area contributed by atoms with Gasteiger partial charge in [-0.15, -0.1) is 0 Å². The molecule has 3 rings (SSSR count). The van der Waals surface area contributed by atoms with Crippen molar-refractivity contribution in [2.75, 3.05) is 26.2 Å². The second kappa shape index (κ2) is 8.30. The first kappa shape index (κ1) is 20.9. The minimum Gasteiger partial charge on any atom is -0.454 e. The van der Waals surface area contributed by atoms with E-state index in [0.717, 1.165) is 5.56 Å². The Balaban J connectivity index is 1.64. The molecule has 1 atom stereocenters. The molecule has 0 aliphatic carbocycles. The van der Waals surface area contributed by atoms with Crippen LogP contribution in [0.25, 0.3) is 0 Å². The molecule has 0 saturated carbocycles. The van der Waals surface area contributed by atoms with E-state index in [-0.39, 0.29) is 17.6 Å². The molecule has 9 heteroatoms. The van der Waals surface area contributed by atoms with Gasteiger partial charge in [0, 0.05) is 26.3 Å². The smallest absolute Gasteiger partial charge is 0.242 e. The Hall–Kier alpha value is -2.78. The molecule has 0 bridgehead atoms. The number of aryl methyl sites for hydroxylation is 1. The van der Waals surface area contributed by atoms with Gasteiger partial charge in [0.05, 0.1) is 4.90 Å². The molecule has 1 aliphatic rings. The van der Waals surface area contributed by atoms with E-state index in [0.29, 0.717) is 29.3 Å². The number of ether oxygens (including phenoxy) is 2. The van der Waals surface area contributed by atoms with Crippen LogP contribution in [-0.4, -0.2) is 45.6 Å². The lowest BCUT2D eigenvalue weighted by Gasteiger charge is -2.18. The molecule has 2 aromatic rings. The van der Waals surface area contributed by atoms with Crippen molar-refractivity contribution < 1.29 is 22.7 Å². The predicted molar refractivity (Wildman–Crippen MR) is 110 cm³/mol. The van der Waals surface area contributed by atoms with Crippen molar-refractivity contribution in [3.63, 3.8) is 0 Å². The quantitative estimate of drug-likeness (QED) is 0.713. The van der Waals surface area contributed by atoms with E-state index >= 15 is 0 Å². The third-order valence-corrected chi connectivity index (χ3v) is 6.58. The van der Waals surface area contributed by atoms with Crippen LogP contribution >= 0.6 is 0 Å². The van der Waals surface area contributed by atoms with E-state index in [2.05, 4.69) is 10.6 Å². The van der Waals surface area contributed by atoms with Crippen LogP contribution in [0.4, 0.5) is 5.69 Å². The molecule has 0 radical (unpaired) electrons. The number of nitrogens with zero attached hydrogens (tertiary/aromatic N) is 1. The van der Waals surface area contributed by atoms with Gasteiger partial charge in [-0.2, -0.15) is 0 Å². The van der Waals surface area contributed by atoms with Gasteiger partial charge in [-0.1, -0.05) is 12.1 Å². The Morgan fingerprint density at radius 3 is 2.59 bits per heavy atom. The zero-order valence-electron chi connectivity index (χ0n) is 16.9. The third-order valence-electron chi connectivity index (χ3n) is 4.63. The fraction of sp³-hybridized carbons (Fsp3) is 0.350. The first-order chi connectivity index (χ1) is 13.7. The Labute approximate surface area is 170 Å². The van der Waals surface area contributed by atoms with Crippen LogP contribution in [0.15, 0.2) is 41.3 Å². The number of carbonyl (C=O) groups is 1. The second-order valence-corrected chi connectivity index (χ2v) is 9.16. The molecule has 2 N–H and O–H groups in total. The van der Waals surface area contributed by atoms with Gasteiger partial charge in [-0.05, 0) is 49.2 Å². The Morgan fingerprint density at radius 2 is 1.86 bits per heavy atom. The average molecular weight is 420 g/mol. The number of anilines is 1. The lowest BCUT2D eigenvalue weighted by Crippen LogP contribution is -2.37. The molecule has 1 heterocycles. The van der Waals surface area contributed by atoms with Crippen LogP contribution in [0.2, 0.25) is 0 Å². The van der Waals surface area contributed by atoms with E-state index in [1.54, 1.807) is 32.0 Å². The van der Waals surface area contributed by atoms with E-state index in [1.807, 2.05) is 18.2 Å². The number of sulfonamides is 1. The number of hydrogen-bond donors (Lipinski definition) is 2. The highest BCUT2D eigenvalue weighted by Gasteiger charge is 2.21. The van der Waals surface area contributed by atoms with E-state index in [9.17, 15) is 13.2 Å². The minimum atomic E-state index is -3.57. The van der Waals surface area contributed by atoms with Crippen molar-refractivity contribution in [2.24, 2.45) is 0 Å². The van der Waals surface area contributed by atoms with E-state index < -0.39 is 16.1 Å². The highest BCUT2D eigenvalue weighted by atomic mass is 32.2. The zero-order valence-corrected chi connectivity index (χ0v) is 17.7. The van der Waals surface area contributed by atoms with Crippen LogP contribution in [0.5, 0.6) is 11.5 Å². The number of fused-ring (bicyclic) bond motifs is 1. The molecule has 0 aromatic heterocycles. The molecule has 2 aromatic carbocycles. The Kier molecular flexibility index (Phi) is 5.99. The molecule has 0 saturated heterocycles. The summed E-state index contributed by atoms with van der Waals surface area (Å²) in [6, 6.07) is 9.98. The molecule has 1 unspecified atom stereocenters. The van der Waals surface area contributed by atoms with Crippen molar-refractivity contribution in [3.8, 4) is 11.5 Å². The van der Waals surface area contributed by atoms with Crippen LogP contribution in [0, 0.1) is 6.92 Å². The number of carbonyl (C=O) groups excluding carboxylic acids is 1. The second-order valence-electron chi connectivity index (χ2n) is 7.04. The minimum absolute atomic E-state index is 0.203. The molecule has 1 amide bonds. The molecule has 8 nitrogen and oxygen atoms in total. The summed E-state index contributed by atoms with van der Waals surface area (Å²) in [5.74, 6) is 1.15. The van der Waals surface area contributed by atoms with Crippen molar-refractivity contribution in [1.29, 1.82) is 0 Å². The van der Waals surface area contributed by atoms with Gasteiger partial charge < -0.3 is 20.1 Å². The molecule has 0 fully saturated rings. The first-order valence-electron chi connectivity index (χ1n) is 9.14. The molecular weight excluding hydrogens is 394 g/mol. The van der Waals surface area contributed by atoms with Gasteiger partial charge in [0.15, 0.2) is 11.5 Å². The SMILES string of the molecule is Cc1ccc(NC(C)C(=O)NCc2ccc3c(c2)OCO3)cc1S(=O)(=O)N(C)C. The molecule has 1 aliphatic heterocycles. The van der Waals surface area contributed by atoms with Crippen LogP contribution in [0.3, 0.4) is 0 Å². The lowest BCUT2D eigenvalue weighted by atomic mass is 10.2. The molecule has 29 heavy (non-hydrogen) atoms. The van der Waals surface area contributed by atoms with Gasteiger partial charge in [-0.25, -0.2) is 12.7 Å². The maximum Gasteiger partial charge on any atom is 0.242 e. The van der Waals surface area contributed by atoms with E-state index in [1.165, 1.54) is 18.4 Å². The van der Waals surface area contributed by atoms with Crippen molar-refractivity contribution in [2.45, 2.75) is 31.3 Å². The summed E-state index contributed by atoms with van der Waals surface area (Å²) in [4.78, 5) is 12.7. The summed E-state index contributed by atoms with van der Waals surface area (Å²) in [5, 5.41) is 5.92. The highest BCUT2D eigenvalue weighted by Crippen LogP contribution is 2.32. The number of amides is 1.